The van der Waals surface area contributed by atoms with E-state index in [4.69, 9.17) is 11.6 Å². The second-order valence-corrected chi connectivity index (χ2v) is 4.02. The summed E-state index contributed by atoms with van der Waals surface area (Å²) in [6.07, 6.45) is 3.45. The van der Waals surface area contributed by atoms with Crippen LogP contribution in [0.4, 0.5) is 5.82 Å². The number of halogens is 1. The molecule has 1 amide bonds. The predicted octanol–water partition coefficient (Wildman–Crippen LogP) is 1.95. The fourth-order valence-electron chi connectivity index (χ4n) is 1.43. The molecule has 2 aromatic heterocycles. The average molecular weight is 251 g/mol. The zero-order valence-electron chi connectivity index (χ0n) is 9.20. The van der Waals surface area contributed by atoms with E-state index in [2.05, 4.69) is 20.5 Å². The molecule has 0 atom stereocenters. The van der Waals surface area contributed by atoms with E-state index in [0.29, 0.717) is 11.0 Å². The Kier molecular flexibility index (Phi) is 3.39. The molecule has 2 N–H and O–H groups in total. The lowest BCUT2D eigenvalue weighted by atomic mass is 10.1. The first-order valence-corrected chi connectivity index (χ1v) is 5.43. The Hall–Kier alpha value is -1.88. The van der Waals surface area contributed by atoms with Crippen LogP contribution in [0.25, 0.3) is 0 Å². The molecule has 88 valence electrons. The maximum absolute atomic E-state index is 11.7. The van der Waals surface area contributed by atoms with Crippen molar-refractivity contribution in [3.8, 4) is 0 Å². The second-order valence-electron chi connectivity index (χ2n) is 3.63. The molecule has 0 bridgehead atoms. The van der Waals surface area contributed by atoms with Crippen LogP contribution in [-0.4, -0.2) is 21.1 Å². The van der Waals surface area contributed by atoms with E-state index in [1.54, 1.807) is 24.5 Å². The van der Waals surface area contributed by atoms with E-state index in [1.807, 2.05) is 6.92 Å². The second kappa shape index (κ2) is 4.97. The van der Waals surface area contributed by atoms with E-state index < -0.39 is 0 Å². The number of aromatic nitrogens is 3. The smallest absolute Gasteiger partial charge is 0.230 e. The van der Waals surface area contributed by atoms with Gasteiger partial charge in [-0.05, 0) is 24.1 Å². The number of anilines is 1. The van der Waals surface area contributed by atoms with Gasteiger partial charge in [0.15, 0.2) is 0 Å². The third-order valence-electron chi connectivity index (χ3n) is 2.31. The number of carbonyl (C=O) groups excluding carboxylic acids is 1. The molecule has 0 aliphatic heterocycles. The van der Waals surface area contributed by atoms with Crippen molar-refractivity contribution < 1.29 is 4.79 Å². The third-order valence-corrected chi connectivity index (χ3v) is 2.52. The fraction of sp³-hybridized carbons (Fsp3) is 0.182. The maximum Gasteiger partial charge on any atom is 0.230 e. The summed E-state index contributed by atoms with van der Waals surface area (Å²) < 4.78 is 0. The van der Waals surface area contributed by atoms with Crippen molar-refractivity contribution in [3.63, 3.8) is 0 Å². The molecule has 5 nitrogen and oxygen atoms in total. The Labute approximate surface area is 103 Å². The van der Waals surface area contributed by atoms with Crippen LogP contribution in [0.2, 0.25) is 5.15 Å². The normalized spacial score (nSPS) is 10.2. The van der Waals surface area contributed by atoms with E-state index in [0.717, 1.165) is 11.1 Å². The van der Waals surface area contributed by atoms with Crippen LogP contribution in [0.1, 0.15) is 11.1 Å². The number of aromatic amines is 1. The van der Waals surface area contributed by atoms with Gasteiger partial charge in [-0.15, -0.1) is 0 Å². The predicted molar refractivity (Wildman–Crippen MR) is 64.9 cm³/mol. The van der Waals surface area contributed by atoms with Gasteiger partial charge in [0.05, 0.1) is 12.6 Å². The average Bonchev–Trinajstić information content (AvgIpc) is 2.75. The number of carbonyl (C=O) groups is 1. The van der Waals surface area contributed by atoms with Crippen molar-refractivity contribution >= 4 is 23.3 Å². The minimum atomic E-state index is -0.124. The zero-order chi connectivity index (χ0) is 12.3. The highest BCUT2D eigenvalue weighted by Crippen LogP contribution is 2.13. The van der Waals surface area contributed by atoms with Crippen molar-refractivity contribution in [3.05, 3.63) is 40.8 Å². The Morgan fingerprint density at radius 1 is 1.59 bits per heavy atom. The Morgan fingerprint density at radius 3 is 3.06 bits per heavy atom. The maximum atomic E-state index is 11.7. The number of amides is 1. The molecule has 0 aliphatic carbocycles. The molecule has 6 heteroatoms. The first-order chi connectivity index (χ1) is 8.15. The highest BCUT2D eigenvalue weighted by molar-refractivity contribution is 6.29. The summed E-state index contributed by atoms with van der Waals surface area (Å²) in [6, 6.07) is 3.42. The van der Waals surface area contributed by atoms with Crippen LogP contribution in [0.3, 0.4) is 0 Å². The monoisotopic (exact) mass is 250 g/mol. The summed E-state index contributed by atoms with van der Waals surface area (Å²) in [6.45, 7) is 1.90. The number of hydrogen-bond acceptors (Lipinski definition) is 3. The summed E-state index contributed by atoms with van der Waals surface area (Å²) in [5.74, 6) is 0.455. The molecule has 2 heterocycles. The van der Waals surface area contributed by atoms with Crippen molar-refractivity contribution in [1.82, 2.24) is 15.2 Å². The fourth-order valence-corrected chi connectivity index (χ4v) is 1.64. The number of H-pyrrole nitrogens is 1. The Morgan fingerprint density at radius 2 is 2.41 bits per heavy atom. The van der Waals surface area contributed by atoms with Gasteiger partial charge in [-0.2, -0.15) is 5.10 Å². The summed E-state index contributed by atoms with van der Waals surface area (Å²) in [7, 11) is 0. The van der Waals surface area contributed by atoms with E-state index >= 15 is 0 Å². The molecule has 0 saturated heterocycles. The molecule has 0 radical (unpaired) electrons. The van der Waals surface area contributed by atoms with Gasteiger partial charge >= 0.3 is 0 Å². The number of nitrogens with one attached hydrogen (secondary N) is 2. The van der Waals surface area contributed by atoms with Crippen molar-refractivity contribution in [2.75, 3.05) is 5.32 Å². The van der Waals surface area contributed by atoms with Crippen LogP contribution >= 0.6 is 11.6 Å². The van der Waals surface area contributed by atoms with Crippen LogP contribution in [0.15, 0.2) is 24.5 Å². The topological polar surface area (TPSA) is 70.7 Å². The minimum absolute atomic E-state index is 0.124. The van der Waals surface area contributed by atoms with Crippen LogP contribution in [0, 0.1) is 6.92 Å². The molecular weight excluding hydrogens is 240 g/mol. The lowest BCUT2D eigenvalue weighted by molar-refractivity contribution is -0.115. The highest BCUT2D eigenvalue weighted by atomic mass is 35.5. The lowest BCUT2D eigenvalue weighted by Crippen LogP contribution is -2.15. The van der Waals surface area contributed by atoms with Crippen molar-refractivity contribution in [2.45, 2.75) is 13.3 Å². The molecular formula is C11H11ClN4O. The van der Waals surface area contributed by atoms with Gasteiger partial charge in [-0.25, -0.2) is 4.98 Å². The van der Waals surface area contributed by atoms with Gasteiger partial charge in [-0.1, -0.05) is 11.6 Å². The number of rotatable bonds is 3. The number of hydrogen-bond donors (Lipinski definition) is 2. The number of pyridine rings is 1. The standard InChI is InChI=1S/C11H11ClN4O/c1-7-4-9(12)13-6-8(7)5-11(17)15-10-2-3-14-16-10/h2-4,6H,5H2,1H3,(H2,14,15,16,17). The van der Waals surface area contributed by atoms with Crippen molar-refractivity contribution in [1.29, 1.82) is 0 Å². The number of aryl methyl sites for hydroxylation is 1. The third kappa shape index (κ3) is 3.04. The summed E-state index contributed by atoms with van der Waals surface area (Å²) >= 11 is 5.74. The first-order valence-electron chi connectivity index (χ1n) is 5.05. The molecule has 2 aromatic rings. The van der Waals surface area contributed by atoms with E-state index in [1.165, 1.54) is 0 Å². The Bertz CT molecular complexity index is 524. The lowest BCUT2D eigenvalue weighted by Gasteiger charge is -2.05. The van der Waals surface area contributed by atoms with Gasteiger partial charge in [0.2, 0.25) is 5.91 Å². The summed E-state index contributed by atoms with van der Waals surface area (Å²) in [5.41, 5.74) is 1.80. The van der Waals surface area contributed by atoms with Crippen molar-refractivity contribution in [2.24, 2.45) is 0 Å². The van der Waals surface area contributed by atoms with Gasteiger partial charge in [0.25, 0.3) is 0 Å². The largest absolute Gasteiger partial charge is 0.311 e. The number of nitrogens with zero attached hydrogens (tertiary/aromatic N) is 2. The molecule has 0 fully saturated rings. The van der Waals surface area contributed by atoms with Gasteiger partial charge in [0, 0.05) is 12.3 Å². The highest BCUT2D eigenvalue weighted by Gasteiger charge is 2.07. The van der Waals surface area contributed by atoms with Crippen LogP contribution in [-0.2, 0) is 11.2 Å². The summed E-state index contributed by atoms with van der Waals surface area (Å²) in [5, 5.41) is 9.53. The summed E-state index contributed by atoms with van der Waals surface area (Å²) in [4.78, 5) is 15.7. The zero-order valence-corrected chi connectivity index (χ0v) is 9.95. The van der Waals surface area contributed by atoms with Gasteiger partial charge < -0.3 is 5.32 Å². The molecule has 0 saturated carbocycles. The molecule has 2 rings (SSSR count). The van der Waals surface area contributed by atoms with Gasteiger partial charge in [-0.3, -0.25) is 9.89 Å². The SMILES string of the molecule is Cc1cc(Cl)ncc1CC(=O)Nc1ccn[nH]1. The van der Waals surface area contributed by atoms with Crippen LogP contribution in [0.5, 0.6) is 0 Å². The molecule has 0 unspecified atom stereocenters. The first kappa shape index (κ1) is 11.6. The minimum Gasteiger partial charge on any atom is -0.311 e. The molecule has 0 aliphatic rings. The van der Waals surface area contributed by atoms with E-state index in [9.17, 15) is 4.79 Å². The van der Waals surface area contributed by atoms with Gasteiger partial charge in [0.1, 0.15) is 11.0 Å². The Balaban J connectivity index is 2.03. The molecule has 0 spiro atoms. The molecule has 17 heavy (non-hydrogen) atoms. The van der Waals surface area contributed by atoms with Crippen LogP contribution < -0.4 is 5.32 Å². The van der Waals surface area contributed by atoms with E-state index in [-0.39, 0.29) is 12.3 Å². The molecule has 0 aromatic carbocycles. The quantitative estimate of drug-likeness (QED) is 0.818.